The van der Waals surface area contributed by atoms with Gasteiger partial charge in [-0.3, -0.25) is 9.59 Å². The molecule has 6 aromatic rings. The number of aromatic amines is 2. The average Bonchev–Trinajstić information content (AvgIpc) is 4.06. The number of hydrogen-bond acceptors (Lipinski definition) is 10. The lowest BCUT2D eigenvalue weighted by Crippen LogP contribution is -2.51. The van der Waals surface area contributed by atoms with Gasteiger partial charge in [-0.2, -0.15) is 0 Å². The first-order chi connectivity index (χ1) is 27.9. The zero-order chi connectivity index (χ0) is 40.8. The number of carbonyl (C=O) groups excluding carboxylic acids is 4. The van der Waals surface area contributed by atoms with E-state index in [4.69, 9.17) is 19.4 Å². The van der Waals surface area contributed by atoms with E-state index in [9.17, 15) is 19.2 Å². The molecule has 14 nitrogen and oxygen atoms in total. The fourth-order valence-corrected chi connectivity index (χ4v) is 10.6. The predicted octanol–water partition coefficient (Wildman–Crippen LogP) is 8.14. The number of alkyl carbamates (subject to hydrolysis) is 2. The Morgan fingerprint density at radius 3 is 1.47 bits per heavy atom. The van der Waals surface area contributed by atoms with Crippen LogP contribution in [-0.4, -0.2) is 93.1 Å². The van der Waals surface area contributed by atoms with Crippen LogP contribution in [-0.2, 0) is 19.1 Å². The highest BCUT2D eigenvalue weighted by Gasteiger charge is 2.39. The second-order valence-corrected chi connectivity index (χ2v) is 17.9. The highest BCUT2D eigenvalue weighted by Crippen LogP contribution is 2.43. The number of amides is 4. The van der Waals surface area contributed by atoms with Gasteiger partial charge in [0.1, 0.15) is 23.7 Å². The molecule has 304 valence electrons. The lowest BCUT2D eigenvalue weighted by Gasteiger charge is -2.29. The van der Waals surface area contributed by atoms with Crippen molar-refractivity contribution in [1.29, 1.82) is 0 Å². The Balaban J connectivity index is 0.987. The molecule has 0 spiro atoms. The van der Waals surface area contributed by atoms with E-state index in [0.717, 1.165) is 80.3 Å². The summed E-state index contributed by atoms with van der Waals surface area (Å²) in [6, 6.07) is 15.2. The SMILES string of the molecule is COC(=O)NC(C(=O)N1CCCC1c1nc2ccc(-c3cc4sc(-c5ccc6nc(C7CCCN7C(=O)C(NC(=O)OC)C(C)C)[nH]c6c5)cc4s3)cc2[nH]1)C(C)C. The molecule has 4 atom stereocenters. The fraction of sp³-hybridized carbons (Fsp3) is 0.429. The molecule has 2 aromatic carbocycles. The number of H-pyrrole nitrogens is 2. The summed E-state index contributed by atoms with van der Waals surface area (Å²) >= 11 is 3.49. The average molecular weight is 825 g/mol. The molecule has 4 amide bonds. The molecular weight excluding hydrogens is 777 g/mol. The molecule has 4 N–H and O–H groups in total. The molecule has 2 saturated heterocycles. The van der Waals surface area contributed by atoms with E-state index in [0.29, 0.717) is 13.1 Å². The first kappa shape index (κ1) is 39.4. The van der Waals surface area contributed by atoms with Crippen LogP contribution in [0.4, 0.5) is 9.59 Å². The summed E-state index contributed by atoms with van der Waals surface area (Å²) in [7, 11) is 2.59. The molecule has 16 heteroatoms. The van der Waals surface area contributed by atoms with Gasteiger partial charge >= 0.3 is 12.2 Å². The Hall–Kier alpha value is -5.48. The van der Waals surface area contributed by atoms with Crippen molar-refractivity contribution in [2.75, 3.05) is 27.3 Å². The van der Waals surface area contributed by atoms with Gasteiger partial charge in [-0.1, -0.05) is 39.8 Å². The zero-order valence-corrected chi connectivity index (χ0v) is 35.0. The monoisotopic (exact) mass is 824 g/mol. The van der Waals surface area contributed by atoms with Crippen molar-refractivity contribution < 1.29 is 28.7 Å². The third-order valence-corrected chi connectivity index (χ3v) is 13.7. The van der Waals surface area contributed by atoms with Crippen LogP contribution < -0.4 is 10.6 Å². The molecule has 0 radical (unpaired) electrons. The molecule has 2 aliphatic heterocycles. The van der Waals surface area contributed by atoms with Gasteiger partial charge in [0.25, 0.3) is 0 Å². The molecule has 4 aromatic heterocycles. The minimum atomic E-state index is -0.687. The molecule has 8 rings (SSSR count). The Morgan fingerprint density at radius 1 is 0.672 bits per heavy atom. The maximum atomic E-state index is 13.6. The lowest BCUT2D eigenvalue weighted by molar-refractivity contribution is -0.136. The number of aromatic nitrogens is 4. The summed E-state index contributed by atoms with van der Waals surface area (Å²) in [6.07, 6.45) is 2.04. The first-order valence-electron chi connectivity index (χ1n) is 19.8. The van der Waals surface area contributed by atoms with Crippen LogP contribution in [0.5, 0.6) is 0 Å². The van der Waals surface area contributed by atoms with Gasteiger partial charge < -0.3 is 39.9 Å². The third-order valence-electron chi connectivity index (χ3n) is 11.3. The highest BCUT2D eigenvalue weighted by atomic mass is 32.1. The van der Waals surface area contributed by atoms with E-state index in [1.807, 2.05) is 49.6 Å². The lowest BCUT2D eigenvalue weighted by atomic mass is 10.0. The smallest absolute Gasteiger partial charge is 0.407 e. The molecule has 0 bridgehead atoms. The van der Waals surface area contributed by atoms with Crippen molar-refractivity contribution in [3.05, 3.63) is 60.2 Å². The standard InChI is InChI=1S/C42H48N8O6S2/c1-21(2)35(47-41(53)55-5)39(51)49-15-7-9-29(49)37-43-25-13-11-23(17-27(25)45-37)31-19-33-34(57-31)20-32(58-33)24-12-14-26-28(18-24)46-38(44-26)30-10-8-16-50(30)40(52)36(22(3)4)48-42(54)56-6/h11-14,17-22,29-30,35-36H,7-10,15-16H2,1-6H3,(H,43,45)(H,44,46)(H,47,53)(H,48,54). The van der Waals surface area contributed by atoms with Gasteiger partial charge in [-0.15, -0.1) is 22.7 Å². The molecule has 6 heterocycles. The van der Waals surface area contributed by atoms with Crippen molar-refractivity contribution in [3.63, 3.8) is 0 Å². The molecular formula is C42H48N8O6S2. The Labute approximate surface area is 343 Å². The third kappa shape index (κ3) is 7.50. The van der Waals surface area contributed by atoms with Crippen molar-refractivity contribution in [2.24, 2.45) is 11.8 Å². The van der Waals surface area contributed by atoms with Crippen LogP contribution in [0.15, 0.2) is 48.5 Å². The van der Waals surface area contributed by atoms with Crippen LogP contribution in [0.25, 0.3) is 52.3 Å². The molecule has 0 saturated carbocycles. The molecule has 58 heavy (non-hydrogen) atoms. The van der Waals surface area contributed by atoms with Gasteiger partial charge in [-0.05, 0) is 85.0 Å². The van der Waals surface area contributed by atoms with Crippen molar-refractivity contribution >= 4 is 78.1 Å². The second kappa shape index (κ2) is 16.0. The maximum Gasteiger partial charge on any atom is 0.407 e. The number of imidazole rings is 2. The first-order valence-corrected chi connectivity index (χ1v) is 21.4. The zero-order valence-electron chi connectivity index (χ0n) is 33.4. The summed E-state index contributed by atoms with van der Waals surface area (Å²) < 4.78 is 12.0. The van der Waals surface area contributed by atoms with Crippen LogP contribution in [0, 0.1) is 11.8 Å². The van der Waals surface area contributed by atoms with Crippen molar-refractivity contribution in [3.8, 4) is 20.9 Å². The number of thiophene rings is 2. The summed E-state index contributed by atoms with van der Waals surface area (Å²) in [6.45, 7) is 8.84. The van der Waals surface area contributed by atoms with E-state index in [2.05, 4.69) is 57.0 Å². The number of ether oxygens (including phenoxy) is 2. The molecule has 2 aliphatic rings. The summed E-state index contributed by atoms with van der Waals surface area (Å²) in [4.78, 5) is 74.1. The molecule has 2 fully saturated rings. The number of methoxy groups -OCH3 is 2. The number of hydrogen-bond donors (Lipinski definition) is 4. The molecule has 4 unspecified atom stereocenters. The fourth-order valence-electron chi connectivity index (χ4n) is 8.19. The van der Waals surface area contributed by atoms with Gasteiger partial charge in [0.15, 0.2) is 0 Å². The van der Waals surface area contributed by atoms with Crippen LogP contribution in [0.3, 0.4) is 0 Å². The van der Waals surface area contributed by atoms with Gasteiger partial charge in [0, 0.05) is 32.2 Å². The number of benzene rings is 2. The minimum absolute atomic E-state index is 0.104. The number of likely N-dealkylation sites (tertiary alicyclic amines) is 2. The number of nitrogens with zero attached hydrogens (tertiary/aromatic N) is 4. The Bertz CT molecular complexity index is 2320. The number of nitrogens with one attached hydrogen (secondary N) is 4. The summed E-state index contributed by atoms with van der Waals surface area (Å²) in [5.41, 5.74) is 5.68. The molecule has 0 aliphatic carbocycles. The summed E-state index contributed by atoms with van der Waals surface area (Å²) in [5.74, 6) is 1.03. The van der Waals surface area contributed by atoms with E-state index >= 15 is 0 Å². The normalized spacial score (nSPS) is 18.1. The van der Waals surface area contributed by atoms with E-state index in [1.165, 1.54) is 23.6 Å². The Morgan fingerprint density at radius 2 is 1.09 bits per heavy atom. The van der Waals surface area contributed by atoms with Gasteiger partial charge in [-0.25, -0.2) is 19.6 Å². The van der Waals surface area contributed by atoms with E-state index < -0.39 is 24.3 Å². The van der Waals surface area contributed by atoms with Gasteiger partial charge in [0.05, 0.1) is 48.4 Å². The van der Waals surface area contributed by atoms with Crippen LogP contribution >= 0.6 is 22.7 Å². The number of carbonyl (C=O) groups is 4. The van der Waals surface area contributed by atoms with Gasteiger partial charge in [0.2, 0.25) is 11.8 Å². The highest BCUT2D eigenvalue weighted by molar-refractivity contribution is 7.31. The topological polar surface area (TPSA) is 175 Å². The minimum Gasteiger partial charge on any atom is -0.453 e. The maximum absolute atomic E-state index is 13.6. The van der Waals surface area contributed by atoms with E-state index in [-0.39, 0.29) is 35.7 Å². The number of fused-ring (bicyclic) bond motifs is 3. The number of rotatable bonds is 10. The predicted molar refractivity (Wildman–Crippen MR) is 226 cm³/mol. The summed E-state index contributed by atoms with van der Waals surface area (Å²) in [5, 5.41) is 5.43. The quantitative estimate of drug-likeness (QED) is 0.107. The Kier molecular flexibility index (Phi) is 10.9. The largest absolute Gasteiger partial charge is 0.453 e. The van der Waals surface area contributed by atoms with Crippen LogP contribution in [0.1, 0.15) is 77.1 Å². The van der Waals surface area contributed by atoms with Crippen LogP contribution in [0.2, 0.25) is 0 Å². The second-order valence-electron chi connectivity index (χ2n) is 15.8. The van der Waals surface area contributed by atoms with E-state index in [1.54, 1.807) is 22.7 Å². The van der Waals surface area contributed by atoms with Crippen molar-refractivity contribution in [1.82, 2.24) is 40.4 Å². The van der Waals surface area contributed by atoms with Crippen molar-refractivity contribution in [2.45, 2.75) is 77.5 Å².